The van der Waals surface area contributed by atoms with E-state index in [1.165, 1.54) is 22.5 Å². The Morgan fingerprint density at radius 3 is 2.04 bits per heavy atom. The topological polar surface area (TPSA) is 14.0 Å². The zero-order valence-electron chi connectivity index (χ0n) is 13.0. The first-order valence-electron chi connectivity index (χ1n) is 7.19. The van der Waals surface area contributed by atoms with Gasteiger partial charge >= 0.3 is 62.1 Å². The molecule has 0 aliphatic carbocycles. The molecule has 0 fully saturated rings. The molecule has 0 saturated heterocycles. The van der Waals surface area contributed by atoms with Gasteiger partial charge in [-0.25, -0.2) is 4.99 Å². The molecule has 0 aromatic heterocycles. The Balaban J connectivity index is 0.000000277. The molecule has 1 heterocycles. The molecule has 2 aromatic carbocycles. The first-order chi connectivity index (χ1) is 11.2. The number of fused-ring (bicyclic) bond motifs is 1. The van der Waals surface area contributed by atoms with Gasteiger partial charge < -0.3 is 0 Å². The van der Waals surface area contributed by atoms with Crippen LogP contribution < -0.4 is 4.99 Å². The van der Waals surface area contributed by atoms with E-state index in [4.69, 9.17) is 64.6 Å². The van der Waals surface area contributed by atoms with Crippen LogP contribution in [-0.2, 0) is 0 Å². The predicted octanol–water partition coefficient (Wildman–Crippen LogP) is 6.80. The maximum atomic E-state index is 6.13. The van der Waals surface area contributed by atoms with Crippen molar-refractivity contribution < 1.29 is 4.99 Å². The van der Waals surface area contributed by atoms with E-state index < -0.39 is 9.14 Å². The van der Waals surface area contributed by atoms with Gasteiger partial charge in [0.25, 0.3) is 0 Å². The van der Waals surface area contributed by atoms with Crippen molar-refractivity contribution in [3.05, 3.63) is 64.7 Å². The van der Waals surface area contributed by atoms with Crippen LogP contribution in [0.3, 0.4) is 0 Å². The molecule has 138 valence electrons. The molecule has 0 amide bonds. The third-order valence-corrected chi connectivity index (χ3v) is 3.68. The molecule has 0 bridgehead atoms. The van der Waals surface area contributed by atoms with Crippen molar-refractivity contribution in [2.24, 2.45) is 0 Å². The van der Waals surface area contributed by atoms with Gasteiger partial charge in [-0.2, -0.15) is 0 Å². The Kier molecular flexibility index (Phi) is 6.60. The molecule has 1 aliphatic rings. The molecule has 3 rings (SSSR count). The van der Waals surface area contributed by atoms with Crippen molar-refractivity contribution in [1.82, 2.24) is 0 Å². The first kappa shape index (κ1) is 22.2. The van der Waals surface area contributed by atoms with Crippen LogP contribution >= 0.6 is 64.6 Å². The average Bonchev–Trinajstić information content (AvgIpc) is 2.44. The van der Waals surface area contributed by atoms with Gasteiger partial charge in [-0.05, 0) is 17.7 Å². The van der Waals surface area contributed by atoms with Crippen LogP contribution in [0.1, 0.15) is 30.4 Å². The van der Waals surface area contributed by atoms with E-state index in [0.717, 1.165) is 11.4 Å². The summed E-state index contributed by atoms with van der Waals surface area (Å²) < 4.78 is 0. The third-order valence-electron chi connectivity index (χ3n) is 3.45. The minimum absolute atomic E-state index is 0.404. The van der Waals surface area contributed by atoms with E-state index in [1.54, 1.807) is 0 Å². The number of rotatable bonds is 1. The van der Waals surface area contributed by atoms with Gasteiger partial charge in [0.1, 0.15) is 0 Å². The van der Waals surface area contributed by atoms with E-state index >= 15 is 0 Å². The molecule has 1 nitrogen and oxygen atoms in total. The second-order valence-corrected chi connectivity index (χ2v) is 63.1. The zero-order valence-corrected chi connectivity index (χ0v) is 20.8. The van der Waals surface area contributed by atoms with Crippen molar-refractivity contribution in [3.63, 3.8) is 0 Å². The van der Waals surface area contributed by atoms with Crippen molar-refractivity contribution >= 4 is 85.1 Å². The third kappa shape index (κ3) is 9.13. The predicted molar refractivity (Wildman–Crippen MR) is 117 cm³/mol. The Morgan fingerprint density at radius 1 is 0.920 bits per heavy atom. The molecule has 0 spiro atoms. The van der Waals surface area contributed by atoms with Crippen LogP contribution in [0.4, 0.5) is 5.69 Å². The Bertz CT molecular complexity index is 787. The van der Waals surface area contributed by atoms with Gasteiger partial charge in [-0.15, -0.1) is 0 Å². The van der Waals surface area contributed by atoms with Crippen LogP contribution in [0.15, 0.2) is 48.5 Å². The minimum atomic E-state index is -5.42. The summed E-state index contributed by atoms with van der Waals surface area (Å²) >= 11 is 6.13. The van der Waals surface area contributed by atoms with Gasteiger partial charge in [0.05, 0.1) is 0 Å². The summed E-state index contributed by atoms with van der Waals surface area (Å²) in [4.78, 5) is 3.44. The second kappa shape index (κ2) is 7.41. The molecule has 1 N–H and O–H groups in total. The van der Waals surface area contributed by atoms with Crippen molar-refractivity contribution in [2.45, 2.75) is 19.3 Å². The Hall–Kier alpha value is 0.958. The van der Waals surface area contributed by atoms with Crippen LogP contribution in [0.5, 0.6) is 0 Å². The summed E-state index contributed by atoms with van der Waals surface area (Å²) in [5.41, 5.74) is 5.12. The van der Waals surface area contributed by atoms with E-state index in [-0.39, 0.29) is 0 Å². The molecule has 1 unspecified atom stereocenters. The number of hydrogen-bond acceptors (Lipinski definition) is 0. The number of halogens is 7. The van der Waals surface area contributed by atoms with Crippen LogP contribution in [-0.4, -0.2) is 14.9 Å². The molecule has 2 aromatic rings. The molecule has 1 aliphatic heterocycles. The fourth-order valence-corrected chi connectivity index (χ4v) is 2.80. The van der Waals surface area contributed by atoms with Crippen molar-refractivity contribution in [2.75, 3.05) is 0 Å². The summed E-state index contributed by atoms with van der Waals surface area (Å²) in [5, 5.41) is 0.802. The zero-order chi connectivity index (χ0) is 18.9. The van der Waals surface area contributed by atoms with Gasteiger partial charge in [0, 0.05) is 35.9 Å². The fourth-order valence-electron chi connectivity index (χ4n) is 2.62. The fraction of sp³-hybridized carbons (Fsp3) is 0.188. The molecule has 25 heavy (non-hydrogen) atoms. The van der Waals surface area contributed by atoms with Crippen LogP contribution in [0, 0.1) is 0 Å². The molecular formula is C16H15Cl7NSb. The molecule has 0 radical (unpaired) electrons. The number of nitrogens with one attached hydrogen (secondary N) is 1. The van der Waals surface area contributed by atoms with E-state index in [2.05, 4.69) is 54.4 Å². The summed E-state index contributed by atoms with van der Waals surface area (Å²) in [7, 11) is 25.0. The summed E-state index contributed by atoms with van der Waals surface area (Å²) in [6, 6.07) is 16.7. The first-order valence-corrected chi connectivity index (χ1v) is 27.0. The molecule has 0 saturated carbocycles. The maximum absolute atomic E-state index is 6.13. The average molecular weight is 591 g/mol. The summed E-state index contributed by atoms with van der Waals surface area (Å²) in [6.45, 7) is 2.15. The number of hydrogen-bond donors (Lipinski definition) is 1. The standard InChI is InChI=1S/C16H14ClN.6ClH.Sb/c1-11-9-14(12-5-3-2-4-6-12)15-10-13(17)7-8-16(15)18-11;;;;;;;/h2-8,10,14H,9H2,1H3;6*1H;/q;;;;;;;+5/p-5. The summed E-state index contributed by atoms with van der Waals surface area (Å²) in [5.74, 6) is 0.404. The van der Waals surface area contributed by atoms with Gasteiger partial charge in [-0.3, -0.25) is 0 Å². The van der Waals surface area contributed by atoms with Gasteiger partial charge in [0.2, 0.25) is 5.69 Å². The monoisotopic (exact) mass is 587 g/mol. The van der Waals surface area contributed by atoms with E-state index in [0.29, 0.717) is 5.92 Å². The normalized spacial score (nSPS) is 19.5. The Morgan fingerprint density at radius 2 is 1.48 bits per heavy atom. The van der Waals surface area contributed by atoms with E-state index in [9.17, 15) is 0 Å². The van der Waals surface area contributed by atoms with Crippen LogP contribution in [0.2, 0.25) is 5.02 Å². The quantitative estimate of drug-likeness (QED) is 0.351. The molecular weight excluding hydrogens is 576 g/mol. The number of benzene rings is 2. The Labute approximate surface area is 172 Å². The van der Waals surface area contributed by atoms with Crippen LogP contribution in [0.25, 0.3) is 0 Å². The van der Waals surface area contributed by atoms with Crippen molar-refractivity contribution in [1.29, 1.82) is 0 Å². The second-order valence-electron chi connectivity index (χ2n) is 5.76. The SMILES string of the molecule is CC1=[NH+]c2ccc(Cl)cc2C(c2ccccc2)C1.[Cl][Sb-]([Cl])([Cl])([Cl])([Cl])[Cl]. The van der Waals surface area contributed by atoms with Gasteiger partial charge in [0.15, 0.2) is 5.71 Å². The summed E-state index contributed by atoms with van der Waals surface area (Å²) in [6.07, 6.45) is 1.03. The van der Waals surface area contributed by atoms with Crippen molar-refractivity contribution in [3.8, 4) is 0 Å². The molecule has 1 atom stereocenters. The van der Waals surface area contributed by atoms with Gasteiger partial charge in [-0.1, -0.05) is 41.9 Å². The molecule has 9 heteroatoms. The van der Waals surface area contributed by atoms with E-state index in [1.807, 2.05) is 6.07 Å².